The molecule has 0 bridgehead atoms. The highest BCUT2D eigenvalue weighted by atomic mass is 35.5. The highest BCUT2D eigenvalue weighted by molar-refractivity contribution is 7.92. The van der Waals surface area contributed by atoms with Crippen LogP contribution in [0, 0.1) is 0 Å². The summed E-state index contributed by atoms with van der Waals surface area (Å²) in [6.07, 6.45) is 1.17. The normalized spacial score (nSPS) is 11.5. The number of nitrogens with zero attached hydrogens (tertiary/aromatic N) is 1. The minimum absolute atomic E-state index is 0.176. The van der Waals surface area contributed by atoms with Crippen LogP contribution in [0.5, 0.6) is 0 Å². The second-order valence-electron chi connectivity index (χ2n) is 7.19. The maximum atomic E-state index is 12.7. The van der Waals surface area contributed by atoms with E-state index in [2.05, 4.69) is 5.32 Å². The molecule has 0 spiro atoms. The van der Waals surface area contributed by atoms with Crippen LogP contribution < -0.4 is 9.62 Å². The first kappa shape index (κ1) is 22.6. The van der Waals surface area contributed by atoms with Gasteiger partial charge in [-0.25, -0.2) is 8.42 Å². The van der Waals surface area contributed by atoms with Crippen LogP contribution in [0.1, 0.15) is 15.2 Å². The molecule has 1 heterocycles. The number of hydrogen-bond donors (Lipinski definition) is 1. The molecule has 5 nitrogen and oxygen atoms in total. The van der Waals surface area contributed by atoms with E-state index in [1.54, 1.807) is 66.7 Å². The molecule has 0 aliphatic carbocycles. The molecule has 9 heteroatoms. The molecular formula is C23H18Cl2N2O3S2. The van der Waals surface area contributed by atoms with Crippen LogP contribution >= 0.6 is 34.5 Å². The fraction of sp³-hybridized carbons (Fsp3) is 0.0870. The monoisotopic (exact) mass is 504 g/mol. The average Bonchev–Trinajstić information content (AvgIpc) is 3.17. The maximum absolute atomic E-state index is 12.7. The number of fused-ring (bicyclic) bond motifs is 1. The van der Waals surface area contributed by atoms with Gasteiger partial charge < -0.3 is 5.32 Å². The Morgan fingerprint density at radius 2 is 1.56 bits per heavy atom. The van der Waals surface area contributed by atoms with E-state index in [-0.39, 0.29) is 12.5 Å². The van der Waals surface area contributed by atoms with Crippen molar-refractivity contribution in [2.75, 3.05) is 15.9 Å². The van der Waals surface area contributed by atoms with E-state index in [1.165, 1.54) is 21.9 Å². The van der Waals surface area contributed by atoms with Crippen LogP contribution in [-0.2, 0) is 16.6 Å². The first-order valence-electron chi connectivity index (χ1n) is 9.52. The molecule has 164 valence electrons. The Balaban J connectivity index is 1.62. The van der Waals surface area contributed by atoms with Gasteiger partial charge in [-0.15, -0.1) is 11.3 Å². The van der Waals surface area contributed by atoms with Crippen LogP contribution in [-0.4, -0.2) is 20.6 Å². The molecule has 1 aromatic heterocycles. The van der Waals surface area contributed by atoms with Gasteiger partial charge in [0.25, 0.3) is 5.91 Å². The number of carbonyl (C=O) groups excluding carboxylic acids is 1. The Bertz CT molecular complexity index is 1380. The third-order valence-corrected chi connectivity index (χ3v) is 7.51. The van der Waals surface area contributed by atoms with Gasteiger partial charge in [0.1, 0.15) is 0 Å². The molecule has 1 N–H and O–H groups in total. The predicted octanol–water partition coefficient (Wildman–Crippen LogP) is 6.43. The van der Waals surface area contributed by atoms with E-state index in [1.807, 2.05) is 6.07 Å². The van der Waals surface area contributed by atoms with E-state index < -0.39 is 10.0 Å². The fourth-order valence-corrected chi connectivity index (χ4v) is 5.25. The first-order valence-corrected chi connectivity index (χ1v) is 12.9. The molecule has 1 amide bonds. The van der Waals surface area contributed by atoms with Gasteiger partial charge in [0.15, 0.2) is 0 Å². The lowest BCUT2D eigenvalue weighted by Crippen LogP contribution is -2.29. The lowest BCUT2D eigenvalue weighted by molar-refractivity contribution is 0.103. The van der Waals surface area contributed by atoms with Gasteiger partial charge in [-0.3, -0.25) is 9.10 Å². The van der Waals surface area contributed by atoms with Crippen LogP contribution in [0.25, 0.3) is 10.1 Å². The maximum Gasteiger partial charge on any atom is 0.265 e. The lowest BCUT2D eigenvalue weighted by atomic mass is 10.2. The third-order valence-electron chi connectivity index (χ3n) is 4.75. The Labute approximate surface area is 200 Å². The predicted molar refractivity (Wildman–Crippen MR) is 134 cm³/mol. The van der Waals surface area contributed by atoms with E-state index >= 15 is 0 Å². The van der Waals surface area contributed by atoms with Crippen molar-refractivity contribution in [3.8, 4) is 0 Å². The molecule has 0 atom stereocenters. The number of hydrogen-bond acceptors (Lipinski definition) is 4. The fourth-order valence-electron chi connectivity index (χ4n) is 3.18. The Morgan fingerprint density at radius 3 is 2.19 bits per heavy atom. The summed E-state index contributed by atoms with van der Waals surface area (Å²) in [5, 5.41) is 4.81. The minimum Gasteiger partial charge on any atom is -0.321 e. The van der Waals surface area contributed by atoms with Crippen molar-refractivity contribution in [2.24, 2.45) is 0 Å². The Morgan fingerprint density at radius 1 is 0.938 bits per heavy atom. The van der Waals surface area contributed by atoms with Crippen LogP contribution in [0.3, 0.4) is 0 Å². The molecule has 3 aromatic carbocycles. The molecule has 0 radical (unpaired) electrons. The number of benzene rings is 3. The van der Waals surface area contributed by atoms with Crippen molar-refractivity contribution in [2.45, 2.75) is 6.54 Å². The SMILES string of the molecule is CS(=O)(=O)N(Cc1ccc(Cl)cc1)c1ccc2sc(C(=O)Nc3ccc(Cl)cc3)cc2c1. The summed E-state index contributed by atoms with van der Waals surface area (Å²) in [5.74, 6) is -0.240. The number of nitrogens with one attached hydrogen (secondary N) is 1. The summed E-state index contributed by atoms with van der Waals surface area (Å²) >= 11 is 13.2. The summed E-state index contributed by atoms with van der Waals surface area (Å²) in [6, 6.07) is 21.0. The number of carbonyl (C=O) groups is 1. The van der Waals surface area contributed by atoms with Gasteiger partial charge in [0.05, 0.1) is 23.4 Å². The Kier molecular flexibility index (Phi) is 6.44. The zero-order valence-corrected chi connectivity index (χ0v) is 20.0. The molecule has 4 aromatic rings. The molecule has 0 aliphatic heterocycles. The number of thiophene rings is 1. The van der Waals surface area contributed by atoms with Gasteiger partial charge >= 0.3 is 0 Å². The average molecular weight is 505 g/mol. The van der Waals surface area contributed by atoms with Gasteiger partial charge in [0, 0.05) is 20.4 Å². The topological polar surface area (TPSA) is 66.5 Å². The minimum atomic E-state index is -3.54. The number of anilines is 2. The summed E-state index contributed by atoms with van der Waals surface area (Å²) in [5.41, 5.74) is 1.98. The van der Waals surface area contributed by atoms with Crippen molar-refractivity contribution in [1.29, 1.82) is 0 Å². The molecule has 0 aliphatic rings. The van der Waals surface area contributed by atoms with Crippen LogP contribution in [0.15, 0.2) is 72.8 Å². The number of amides is 1. The number of halogens is 2. The second kappa shape index (κ2) is 9.11. The molecule has 32 heavy (non-hydrogen) atoms. The summed E-state index contributed by atoms with van der Waals surface area (Å²) in [4.78, 5) is 13.2. The van der Waals surface area contributed by atoms with Gasteiger partial charge in [0.2, 0.25) is 10.0 Å². The van der Waals surface area contributed by atoms with E-state index in [4.69, 9.17) is 23.2 Å². The second-order valence-corrected chi connectivity index (χ2v) is 11.1. The van der Waals surface area contributed by atoms with Crippen molar-refractivity contribution in [3.05, 3.63) is 93.3 Å². The van der Waals surface area contributed by atoms with E-state index in [0.29, 0.717) is 26.3 Å². The molecule has 0 unspecified atom stereocenters. The Hall–Kier alpha value is -2.58. The smallest absolute Gasteiger partial charge is 0.265 e. The zero-order chi connectivity index (χ0) is 22.9. The first-order chi connectivity index (χ1) is 15.2. The van der Waals surface area contributed by atoms with Crippen LogP contribution in [0.2, 0.25) is 10.0 Å². The van der Waals surface area contributed by atoms with Gasteiger partial charge in [-0.2, -0.15) is 0 Å². The molecular weight excluding hydrogens is 487 g/mol. The number of sulfonamides is 1. The third kappa shape index (κ3) is 5.24. The summed E-state index contributed by atoms with van der Waals surface area (Å²) < 4.78 is 27.2. The number of rotatable bonds is 6. The largest absolute Gasteiger partial charge is 0.321 e. The van der Waals surface area contributed by atoms with Crippen LogP contribution in [0.4, 0.5) is 11.4 Å². The summed E-state index contributed by atoms with van der Waals surface area (Å²) in [6.45, 7) is 0.176. The standard InChI is InChI=1S/C23H18Cl2N2O3S2/c1-32(29,30)27(14-15-2-4-17(24)5-3-15)20-10-11-21-16(12-20)13-22(31-21)23(28)26-19-8-6-18(25)7-9-19/h2-13H,14H2,1H3,(H,26,28). The molecule has 0 saturated heterocycles. The quantitative estimate of drug-likeness (QED) is 0.329. The molecule has 0 saturated carbocycles. The summed E-state index contributed by atoms with van der Waals surface area (Å²) in [7, 11) is -3.54. The van der Waals surface area contributed by atoms with E-state index in [9.17, 15) is 13.2 Å². The highest BCUT2D eigenvalue weighted by Gasteiger charge is 2.19. The molecule has 4 rings (SSSR count). The highest BCUT2D eigenvalue weighted by Crippen LogP contribution is 2.31. The van der Waals surface area contributed by atoms with E-state index in [0.717, 1.165) is 15.6 Å². The van der Waals surface area contributed by atoms with Gasteiger partial charge in [-0.1, -0.05) is 35.3 Å². The van der Waals surface area contributed by atoms with Crippen molar-refractivity contribution in [1.82, 2.24) is 0 Å². The van der Waals surface area contributed by atoms with Gasteiger partial charge in [-0.05, 0) is 71.6 Å². The molecule has 0 fully saturated rings. The van der Waals surface area contributed by atoms with Crippen molar-refractivity contribution >= 4 is 71.9 Å². The van der Waals surface area contributed by atoms with Crippen molar-refractivity contribution < 1.29 is 13.2 Å². The zero-order valence-electron chi connectivity index (χ0n) is 16.9. The lowest BCUT2D eigenvalue weighted by Gasteiger charge is -2.22. The van der Waals surface area contributed by atoms with Crippen molar-refractivity contribution in [3.63, 3.8) is 0 Å².